The molecule has 4 rings (SSSR count). The largest absolute Gasteiger partial charge is 0.493 e. The van der Waals surface area contributed by atoms with Crippen LogP contribution in [0.25, 0.3) is 32.8 Å². The van der Waals surface area contributed by atoms with Gasteiger partial charge in [-0.15, -0.1) is 0 Å². The van der Waals surface area contributed by atoms with E-state index in [4.69, 9.17) is 4.74 Å². The number of ether oxygens (including phenoxy) is 1. The first-order chi connectivity index (χ1) is 13.8. The van der Waals surface area contributed by atoms with Crippen LogP contribution in [0.5, 0.6) is 5.75 Å². The Morgan fingerprint density at radius 1 is 0.929 bits per heavy atom. The number of pyridine rings is 1. The number of aromatic nitrogens is 1. The van der Waals surface area contributed by atoms with Crippen LogP contribution in [0.15, 0.2) is 66.9 Å². The number of fused-ring (bicyclic) bond motifs is 2. The molecular weight excluding hydrogens is 346 g/mol. The molecule has 0 radical (unpaired) electrons. The molecule has 28 heavy (non-hydrogen) atoms. The minimum absolute atomic E-state index is 0.653. The van der Waals surface area contributed by atoms with Crippen LogP contribution in [0.3, 0.4) is 0 Å². The molecule has 0 atom stereocenters. The Kier molecular flexibility index (Phi) is 5.34. The van der Waals surface area contributed by atoms with Gasteiger partial charge in [-0.05, 0) is 29.3 Å². The van der Waals surface area contributed by atoms with Crippen molar-refractivity contribution < 1.29 is 9.53 Å². The lowest BCUT2D eigenvalue weighted by Gasteiger charge is -2.15. The Morgan fingerprint density at radius 3 is 2.46 bits per heavy atom. The summed E-state index contributed by atoms with van der Waals surface area (Å²) in [6, 6.07) is 20.0. The molecule has 0 bridgehead atoms. The van der Waals surface area contributed by atoms with Crippen molar-refractivity contribution in [1.82, 2.24) is 4.98 Å². The minimum Gasteiger partial charge on any atom is -0.493 e. The smallest absolute Gasteiger partial charge is 0.151 e. The van der Waals surface area contributed by atoms with Gasteiger partial charge in [0.25, 0.3) is 0 Å². The zero-order valence-corrected chi connectivity index (χ0v) is 16.0. The molecule has 3 aromatic carbocycles. The standard InChI is InChI=1S/C25H23NO2/c1-2-3-8-15-28-24-16-22(23(17-27)20-11-6-7-12-21(20)24)25-19-10-5-4-9-18(19)13-14-26-25/h4-7,9-14,16-17H,2-3,8,15H2,1H3. The second-order valence-corrected chi connectivity index (χ2v) is 6.94. The summed E-state index contributed by atoms with van der Waals surface area (Å²) in [5.74, 6) is 0.807. The molecule has 0 saturated heterocycles. The summed E-state index contributed by atoms with van der Waals surface area (Å²) in [4.78, 5) is 16.7. The monoisotopic (exact) mass is 369 g/mol. The van der Waals surface area contributed by atoms with Gasteiger partial charge in [0.05, 0.1) is 12.3 Å². The van der Waals surface area contributed by atoms with Crippen LogP contribution in [0.4, 0.5) is 0 Å². The van der Waals surface area contributed by atoms with Gasteiger partial charge in [0.15, 0.2) is 6.29 Å². The molecule has 3 nitrogen and oxygen atoms in total. The Morgan fingerprint density at radius 2 is 1.68 bits per heavy atom. The van der Waals surface area contributed by atoms with E-state index in [0.29, 0.717) is 12.2 Å². The molecule has 0 aliphatic heterocycles. The van der Waals surface area contributed by atoms with Crippen molar-refractivity contribution in [2.45, 2.75) is 26.2 Å². The van der Waals surface area contributed by atoms with E-state index in [1.54, 1.807) is 6.20 Å². The maximum Gasteiger partial charge on any atom is 0.151 e. The molecule has 0 aliphatic carbocycles. The topological polar surface area (TPSA) is 39.2 Å². The van der Waals surface area contributed by atoms with Crippen LogP contribution in [-0.4, -0.2) is 17.9 Å². The fraction of sp³-hybridized carbons (Fsp3) is 0.200. The Bertz CT molecular complexity index is 1130. The van der Waals surface area contributed by atoms with Crippen molar-refractivity contribution >= 4 is 27.8 Å². The second kappa shape index (κ2) is 8.22. The summed E-state index contributed by atoms with van der Waals surface area (Å²) in [6.07, 6.45) is 6.04. The zero-order chi connectivity index (χ0) is 19.3. The third kappa shape index (κ3) is 3.36. The predicted octanol–water partition coefficient (Wildman–Crippen LogP) is 6.44. The van der Waals surface area contributed by atoms with Gasteiger partial charge in [0, 0.05) is 28.1 Å². The van der Waals surface area contributed by atoms with Gasteiger partial charge in [-0.3, -0.25) is 9.78 Å². The number of hydrogen-bond acceptors (Lipinski definition) is 3. The number of carbonyl (C=O) groups excluding carboxylic acids is 1. The molecule has 0 unspecified atom stereocenters. The summed E-state index contributed by atoms with van der Waals surface area (Å²) < 4.78 is 6.15. The molecule has 0 amide bonds. The molecule has 0 spiro atoms. The molecule has 140 valence electrons. The number of unbranched alkanes of at least 4 members (excludes halogenated alkanes) is 2. The van der Waals surface area contributed by atoms with Gasteiger partial charge < -0.3 is 4.74 Å². The van der Waals surface area contributed by atoms with E-state index < -0.39 is 0 Å². The molecule has 1 heterocycles. The maximum absolute atomic E-state index is 12.1. The average Bonchev–Trinajstić information content (AvgIpc) is 2.76. The minimum atomic E-state index is 0.653. The van der Waals surface area contributed by atoms with E-state index in [0.717, 1.165) is 64.1 Å². The first-order valence-electron chi connectivity index (χ1n) is 9.81. The summed E-state index contributed by atoms with van der Waals surface area (Å²) in [7, 11) is 0. The highest BCUT2D eigenvalue weighted by molar-refractivity contribution is 6.09. The van der Waals surface area contributed by atoms with E-state index in [1.165, 1.54) is 0 Å². The first-order valence-corrected chi connectivity index (χ1v) is 9.81. The van der Waals surface area contributed by atoms with Crippen LogP contribution < -0.4 is 4.74 Å². The third-order valence-corrected chi connectivity index (χ3v) is 5.10. The Hall–Kier alpha value is -3.20. The van der Waals surface area contributed by atoms with Crippen LogP contribution in [0.1, 0.15) is 36.5 Å². The van der Waals surface area contributed by atoms with E-state index in [2.05, 4.69) is 18.0 Å². The van der Waals surface area contributed by atoms with E-state index >= 15 is 0 Å². The van der Waals surface area contributed by atoms with Gasteiger partial charge in [0.1, 0.15) is 5.75 Å². The second-order valence-electron chi connectivity index (χ2n) is 6.94. The van der Waals surface area contributed by atoms with E-state index in [-0.39, 0.29) is 0 Å². The van der Waals surface area contributed by atoms with Crippen molar-refractivity contribution in [1.29, 1.82) is 0 Å². The molecular formula is C25H23NO2. The first kappa shape index (κ1) is 18.2. The molecule has 0 fully saturated rings. The number of benzene rings is 3. The predicted molar refractivity (Wildman–Crippen MR) is 115 cm³/mol. The maximum atomic E-state index is 12.1. The SMILES string of the molecule is CCCCCOc1cc(-c2nccc3ccccc23)c(C=O)c2ccccc12. The number of rotatable bonds is 7. The van der Waals surface area contributed by atoms with Crippen LogP contribution >= 0.6 is 0 Å². The van der Waals surface area contributed by atoms with Crippen LogP contribution in [0, 0.1) is 0 Å². The lowest BCUT2D eigenvalue weighted by atomic mass is 9.94. The van der Waals surface area contributed by atoms with E-state index in [9.17, 15) is 4.79 Å². The molecule has 1 aromatic heterocycles. The number of nitrogens with zero attached hydrogens (tertiary/aromatic N) is 1. The molecule has 0 aliphatic rings. The van der Waals surface area contributed by atoms with Crippen LogP contribution in [0.2, 0.25) is 0 Å². The Balaban J connectivity index is 1.93. The summed E-state index contributed by atoms with van der Waals surface area (Å²) in [6.45, 7) is 2.85. The highest BCUT2D eigenvalue weighted by atomic mass is 16.5. The molecule has 3 heteroatoms. The van der Waals surface area contributed by atoms with Gasteiger partial charge in [-0.2, -0.15) is 0 Å². The summed E-state index contributed by atoms with van der Waals surface area (Å²) in [5, 5.41) is 3.99. The van der Waals surface area contributed by atoms with Gasteiger partial charge in [0.2, 0.25) is 0 Å². The molecule has 0 saturated carbocycles. The molecule has 0 N–H and O–H groups in total. The van der Waals surface area contributed by atoms with Crippen LogP contribution in [-0.2, 0) is 0 Å². The fourth-order valence-electron chi connectivity index (χ4n) is 3.68. The summed E-state index contributed by atoms with van der Waals surface area (Å²) in [5.41, 5.74) is 2.28. The van der Waals surface area contributed by atoms with Crippen molar-refractivity contribution in [3.63, 3.8) is 0 Å². The lowest BCUT2D eigenvalue weighted by Crippen LogP contribution is -2.01. The fourth-order valence-corrected chi connectivity index (χ4v) is 3.68. The summed E-state index contributed by atoms with van der Waals surface area (Å²) >= 11 is 0. The Labute approximate surface area is 165 Å². The van der Waals surface area contributed by atoms with Gasteiger partial charge in [-0.1, -0.05) is 68.3 Å². The van der Waals surface area contributed by atoms with Crippen molar-refractivity contribution in [2.24, 2.45) is 0 Å². The highest BCUT2D eigenvalue weighted by Crippen LogP contribution is 2.37. The lowest BCUT2D eigenvalue weighted by molar-refractivity contribution is 0.112. The van der Waals surface area contributed by atoms with E-state index in [1.807, 2.05) is 54.6 Å². The number of carbonyl (C=O) groups is 1. The van der Waals surface area contributed by atoms with Gasteiger partial charge >= 0.3 is 0 Å². The van der Waals surface area contributed by atoms with Crippen molar-refractivity contribution in [2.75, 3.05) is 6.61 Å². The normalized spacial score (nSPS) is 11.0. The van der Waals surface area contributed by atoms with Crippen molar-refractivity contribution in [3.05, 3.63) is 72.4 Å². The zero-order valence-electron chi connectivity index (χ0n) is 16.0. The molecule has 4 aromatic rings. The van der Waals surface area contributed by atoms with Crippen molar-refractivity contribution in [3.8, 4) is 17.0 Å². The quantitative estimate of drug-likeness (QED) is 0.278. The van der Waals surface area contributed by atoms with Gasteiger partial charge in [-0.25, -0.2) is 0 Å². The number of aldehydes is 1. The third-order valence-electron chi connectivity index (χ3n) is 5.10. The highest BCUT2D eigenvalue weighted by Gasteiger charge is 2.16. The number of hydrogen-bond donors (Lipinski definition) is 0. The average molecular weight is 369 g/mol.